The molecule has 0 saturated carbocycles. The lowest BCUT2D eigenvalue weighted by Crippen LogP contribution is -2.60. The van der Waals surface area contributed by atoms with E-state index < -0.39 is 41.4 Å². The summed E-state index contributed by atoms with van der Waals surface area (Å²) >= 11 is 0. The number of carbonyl (C=O) groups excluding carboxylic acids is 4. The van der Waals surface area contributed by atoms with Gasteiger partial charge in [0.2, 0.25) is 11.8 Å². The van der Waals surface area contributed by atoms with Gasteiger partial charge in [0, 0.05) is 25.6 Å². The fourth-order valence-electron chi connectivity index (χ4n) is 6.21. The quantitative estimate of drug-likeness (QED) is 0.194. The van der Waals surface area contributed by atoms with Crippen LogP contribution < -0.4 is 16.0 Å². The van der Waals surface area contributed by atoms with Gasteiger partial charge in [0.25, 0.3) is 5.91 Å². The average molecular weight is 688 g/mol. The molecule has 0 aliphatic carbocycles. The van der Waals surface area contributed by atoms with E-state index in [1.54, 1.807) is 13.0 Å². The molecule has 268 valence electrons. The second-order valence-corrected chi connectivity index (χ2v) is 13.8. The van der Waals surface area contributed by atoms with E-state index in [4.69, 9.17) is 14.0 Å². The standard InChI is InChI=1S/C38H49N5O7/c1-26(2)22-32(36(46)40-31(23-28-12-8-5-9-13-28)34(44)38(3)16-19-49-38)41-35(45)30(15-14-27-10-6-4-7-11-27)39-37(47)33-24-29(50-42-33)25-43-17-20-48-21-18-43/h4-13,24,26,30-32H,14-23,25H2,1-3H3,(H,39,47)(H,40,46)(H,41,45)/t30-,31-,32-,38?/m0/s1. The van der Waals surface area contributed by atoms with Gasteiger partial charge in [-0.25, -0.2) is 0 Å². The predicted molar refractivity (Wildman–Crippen MR) is 186 cm³/mol. The fraction of sp³-hybridized carbons (Fsp3) is 0.500. The van der Waals surface area contributed by atoms with Gasteiger partial charge in [-0.3, -0.25) is 24.1 Å². The monoisotopic (exact) mass is 687 g/mol. The van der Waals surface area contributed by atoms with Crippen molar-refractivity contribution in [1.82, 2.24) is 26.0 Å². The Morgan fingerprint density at radius 1 is 0.840 bits per heavy atom. The summed E-state index contributed by atoms with van der Waals surface area (Å²) in [6.07, 6.45) is 1.97. The van der Waals surface area contributed by atoms with E-state index in [9.17, 15) is 19.2 Å². The number of aromatic nitrogens is 1. The highest BCUT2D eigenvalue weighted by Gasteiger charge is 2.45. The maximum Gasteiger partial charge on any atom is 0.274 e. The summed E-state index contributed by atoms with van der Waals surface area (Å²) in [5.41, 5.74) is 0.984. The Balaban J connectivity index is 1.30. The molecule has 0 radical (unpaired) electrons. The second kappa shape index (κ2) is 17.5. The van der Waals surface area contributed by atoms with Crippen LogP contribution in [0.15, 0.2) is 71.3 Å². The molecule has 12 heteroatoms. The Morgan fingerprint density at radius 2 is 1.46 bits per heavy atom. The van der Waals surface area contributed by atoms with Crippen molar-refractivity contribution >= 4 is 23.5 Å². The minimum Gasteiger partial charge on any atom is -0.379 e. The molecule has 12 nitrogen and oxygen atoms in total. The number of aryl methyl sites for hydroxylation is 1. The minimum absolute atomic E-state index is 0.0409. The van der Waals surface area contributed by atoms with Gasteiger partial charge in [0.1, 0.15) is 17.7 Å². The van der Waals surface area contributed by atoms with E-state index in [2.05, 4.69) is 26.0 Å². The van der Waals surface area contributed by atoms with Crippen LogP contribution in [-0.4, -0.2) is 90.2 Å². The van der Waals surface area contributed by atoms with Crippen LogP contribution in [0.4, 0.5) is 0 Å². The van der Waals surface area contributed by atoms with Gasteiger partial charge < -0.3 is 29.9 Å². The zero-order chi connectivity index (χ0) is 35.5. The van der Waals surface area contributed by atoms with Crippen LogP contribution in [0, 0.1) is 5.92 Å². The van der Waals surface area contributed by atoms with Crippen LogP contribution in [0.3, 0.4) is 0 Å². The Hall–Kier alpha value is -4.39. The van der Waals surface area contributed by atoms with Crippen molar-refractivity contribution in [3.8, 4) is 0 Å². The molecule has 2 aromatic carbocycles. The van der Waals surface area contributed by atoms with E-state index in [-0.39, 0.29) is 30.2 Å². The zero-order valence-corrected chi connectivity index (χ0v) is 29.2. The van der Waals surface area contributed by atoms with E-state index in [0.29, 0.717) is 51.4 Å². The first-order valence-electron chi connectivity index (χ1n) is 17.5. The number of benzene rings is 2. The number of rotatable bonds is 17. The number of morpholine rings is 1. The van der Waals surface area contributed by atoms with Crippen molar-refractivity contribution in [2.24, 2.45) is 5.92 Å². The van der Waals surface area contributed by atoms with Gasteiger partial charge >= 0.3 is 0 Å². The third-order valence-corrected chi connectivity index (χ3v) is 9.24. The molecule has 3 amide bonds. The van der Waals surface area contributed by atoms with Crippen LogP contribution >= 0.6 is 0 Å². The molecule has 1 unspecified atom stereocenters. The first-order chi connectivity index (χ1) is 24.1. The second-order valence-electron chi connectivity index (χ2n) is 13.8. The van der Waals surface area contributed by atoms with Crippen LogP contribution in [0.1, 0.15) is 67.4 Å². The number of nitrogens with one attached hydrogen (secondary N) is 3. The van der Waals surface area contributed by atoms with Crippen LogP contribution in [0.5, 0.6) is 0 Å². The molecule has 3 N–H and O–H groups in total. The Morgan fingerprint density at radius 3 is 2.08 bits per heavy atom. The number of Topliss-reactive ketones (excluding diaryl/α,β-unsaturated/α-hetero) is 1. The summed E-state index contributed by atoms with van der Waals surface area (Å²) in [5, 5.41) is 12.7. The third kappa shape index (κ3) is 10.3. The lowest BCUT2D eigenvalue weighted by atomic mass is 9.85. The van der Waals surface area contributed by atoms with Gasteiger partial charge in [-0.2, -0.15) is 0 Å². The first-order valence-corrected chi connectivity index (χ1v) is 17.5. The molecule has 2 aliphatic heterocycles. The molecule has 3 heterocycles. The first kappa shape index (κ1) is 36.9. The van der Waals surface area contributed by atoms with Crippen LogP contribution in [0.2, 0.25) is 0 Å². The normalized spacial score (nSPS) is 19.5. The summed E-state index contributed by atoms with van der Waals surface area (Å²) < 4.78 is 16.5. The van der Waals surface area contributed by atoms with Crippen molar-refractivity contribution in [2.45, 2.75) is 83.1 Å². The van der Waals surface area contributed by atoms with Crippen molar-refractivity contribution in [3.63, 3.8) is 0 Å². The van der Waals surface area contributed by atoms with Gasteiger partial charge in [-0.1, -0.05) is 79.7 Å². The summed E-state index contributed by atoms with van der Waals surface area (Å²) in [5.74, 6) is -1.16. The SMILES string of the molecule is CC(C)C[C@H](NC(=O)[C@H](CCc1ccccc1)NC(=O)c1cc(CN2CCOCC2)on1)C(=O)N[C@@H](Cc1ccccc1)C(=O)C1(C)CCO1. The topological polar surface area (TPSA) is 152 Å². The predicted octanol–water partition coefficient (Wildman–Crippen LogP) is 3.24. The summed E-state index contributed by atoms with van der Waals surface area (Å²) in [4.78, 5) is 57.1. The minimum atomic E-state index is -0.978. The molecule has 4 atom stereocenters. The summed E-state index contributed by atoms with van der Waals surface area (Å²) in [6.45, 7) is 9.41. The highest BCUT2D eigenvalue weighted by Crippen LogP contribution is 2.29. The number of carbonyl (C=O) groups is 4. The molecule has 2 aliphatic rings. The lowest BCUT2D eigenvalue weighted by molar-refractivity contribution is -0.171. The highest BCUT2D eigenvalue weighted by atomic mass is 16.5. The molecule has 3 aromatic rings. The molecular weight excluding hydrogens is 638 g/mol. The Kier molecular flexibility index (Phi) is 12.9. The lowest BCUT2D eigenvalue weighted by Gasteiger charge is -2.39. The number of nitrogens with zero attached hydrogens (tertiary/aromatic N) is 2. The Labute approximate surface area is 293 Å². The maximum absolute atomic E-state index is 14.0. The molecule has 2 saturated heterocycles. The van der Waals surface area contributed by atoms with Crippen molar-refractivity contribution in [2.75, 3.05) is 32.9 Å². The molecule has 2 fully saturated rings. The number of hydrogen-bond donors (Lipinski definition) is 3. The largest absolute Gasteiger partial charge is 0.379 e. The van der Waals surface area contributed by atoms with Gasteiger partial charge in [0.15, 0.2) is 17.2 Å². The van der Waals surface area contributed by atoms with Crippen molar-refractivity contribution < 1.29 is 33.2 Å². The fourth-order valence-corrected chi connectivity index (χ4v) is 6.21. The van der Waals surface area contributed by atoms with Crippen LogP contribution in [0.25, 0.3) is 0 Å². The van der Waals surface area contributed by atoms with E-state index in [0.717, 1.165) is 24.2 Å². The van der Waals surface area contributed by atoms with Crippen LogP contribution in [-0.2, 0) is 43.2 Å². The average Bonchev–Trinajstić information content (AvgIpc) is 3.57. The summed E-state index contributed by atoms with van der Waals surface area (Å²) in [6, 6.07) is 17.9. The third-order valence-electron chi connectivity index (χ3n) is 9.24. The summed E-state index contributed by atoms with van der Waals surface area (Å²) in [7, 11) is 0. The molecule has 5 rings (SSSR count). The zero-order valence-electron chi connectivity index (χ0n) is 29.2. The number of ether oxygens (including phenoxy) is 2. The molecular formula is C38H49N5O7. The van der Waals surface area contributed by atoms with Gasteiger partial charge in [-0.15, -0.1) is 0 Å². The molecule has 50 heavy (non-hydrogen) atoms. The van der Waals surface area contributed by atoms with Gasteiger partial charge in [0.05, 0.1) is 32.4 Å². The van der Waals surface area contributed by atoms with Crippen molar-refractivity contribution in [3.05, 3.63) is 89.3 Å². The molecule has 0 spiro atoms. The van der Waals surface area contributed by atoms with E-state index >= 15 is 0 Å². The van der Waals surface area contributed by atoms with E-state index in [1.165, 1.54) is 0 Å². The number of hydrogen-bond acceptors (Lipinski definition) is 9. The van der Waals surface area contributed by atoms with Crippen molar-refractivity contribution in [1.29, 1.82) is 0 Å². The highest BCUT2D eigenvalue weighted by molar-refractivity contribution is 5.99. The molecule has 0 bridgehead atoms. The number of amides is 3. The number of ketones is 1. The Bertz CT molecular complexity index is 1570. The van der Waals surface area contributed by atoms with E-state index in [1.807, 2.05) is 74.5 Å². The maximum atomic E-state index is 14.0. The molecule has 1 aromatic heterocycles. The smallest absolute Gasteiger partial charge is 0.274 e. The van der Waals surface area contributed by atoms with Gasteiger partial charge in [-0.05, 0) is 49.7 Å².